The third-order valence-electron chi connectivity index (χ3n) is 2.57. The molecule has 1 atom stereocenters. The van der Waals surface area contributed by atoms with Crippen LogP contribution in [0.25, 0.3) is 0 Å². The van der Waals surface area contributed by atoms with Gasteiger partial charge in [0.25, 0.3) is 0 Å². The Labute approximate surface area is 115 Å². The lowest BCUT2D eigenvalue weighted by Crippen LogP contribution is -2.22. The van der Waals surface area contributed by atoms with Crippen molar-refractivity contribution in [2.24, 2.45) is 0 Å². The molecule has 18 heavy (non-hydrogen) atoms. The number of hydrogen-bond acceptors (Lipinski definition) is 3. The molecule has 0 fully saturated rings. The first-order valence-electron chi connectivity index (χ1n) is 5.72. The largest absolute Gasteiger partial charge is 0.304 e. The molecule has 0 saturated heterocycles. The first-order chi connectivity index (χ1) is 8.61. The highest BCUT2D eigenvalue weighted by Crippen LogP contribution is 2.28. The molecule has 0 aliphatic rings. The van der Waals surface area contributed by atoms with Crippen LogP contribution in [0.4, 0.5) is 4.39 Å². The second-order valence-electron chi connectivity index (χ2n) is 3.98. The summed E-state index contributed by atoms with van der Waals surface area (Å²) >= 11 is 7.31. The lowest BCUT2D eigenvalue weighted by Gasteiger charge is -2.16. The number of hydrogen-bond donors (Lipinski definition) is 1. The molecule has 0 aliphatic heterocycles. The van der Waals surface area contributed by atoms with Crippen LogP contribution < -0.4 is 5.32 Å². The molecule has 2 rings (SSSR count). The smallest absolute Gasteiger partial charge is 0.129 e. The van der Waals surface area contributed by atoms with Crippen LogP contribution >= 0.6 is 22.9 Å². The first-order valence-corrected chi connectivity index (χ1v) is 6.98. The summed E-state index contributed by atoms with van der Waals surface area (Å²) < 4.78 is 14.0. The van der Waals surface area contributed by atoms with Crippen molar-refractivity contribution < 1.29 is 4.39 Å². The van der Waals surface area contributed by atoms with Gasteiger partial charge >= 0.3 is 0 Å². The Morgan fingerprint density at radius 3 is 2.83 bits per heavy atom. The molecule has 1 N–H and O–H groups in total. The summed E-state index contributed by atoms with van der Waals surface area (Å²) in [7, 11) is 0. The van der Waals surface area contributed by atoms with E-state index in [9.17, 15) is 4.39 Å². The van der Waals surface area contributed by atoms with Crippen molar-refractivity contribution in [1.29, 1.82) is 0 Å². The van der Waals surface area contributed by atoms with E-state index in [0.29, 0.717) is 10.6 Å². The van der Waals surface area contributed by atoms with Gasteiger partial charge in [-0.05, 0) is 25.6 Å². The normalized spacial score (nSPS) is 12.7. The van der Waals surface area contributed by atoms with Gasteiger partial charge in [0.2, 0.25) is 0 Å². The Hall–Kier alpha value is -0.970. The number of benzene rings is 1. The Morgan fingerprint density at radius 1 is 1.50 bits per heavy atom. The lowest BCUT2D eigenvalue weighted by molar-refractivity contribution is 0.557. The fourth-order valence-electron chi connectivity index (χ4n) is 1.77. The van der Waals surface area contributed by atoms with Crippen molar-refractivity contribution in [3.63, 3.8) is 0 Å². The van der Waals surface area contributed by atoms with E-state index in [1.807, 2.05) is 19.2 Å². The Bertz CT molecular complexity index is 542. The number of rotatable bonds is 4. The van der Waals surface area contributed by atoms with Gasteiger partial charge in [0.05, 0.1) is 6.04 Å². The van der Waals surface area contributed by atoms with Crippen LogP contribution in [0.2, 0.25) is 5.02 Å². The zero-order valence-electron chi connectivity index (χ0n) is 10.2. The number of thiazole rings is 1. The monoisotopic (exact) mass is 284 g/mol. The van der Waals surface area contributed by atoms with Gasteiger partial charge in [0, 0.05) is 21.7 Å². The molecule has 0 amide bonds. The quantitative estimate of drug-likeness (QED) is 0.920. The number of aromatic nitrogens is 1. The molecule has 0 spiro atoms. The van der Waals surface area contributed by atoms with E-state index in [1.165, 1.54) is 17.4 Å². The van der Waals surface area contributed by atoms with Crippen molar-refractivity contribution in [3.8, 4) is 0 Å². The van der Waals surface area contributed by atoms with E-state index in [1.54, 1.807) is 12.1 Å². The number of nitrogens with one attached hydrogen (secondary N) is 1. The third-order valence-corrected chi connectivity index (χ3v) is 3.83. The molecule has 0 radical (unpaired) electrons. The number of aryl methyl sites for hydroxylation is 1. The molecule has 1 heterocycles. The van der Waals surface area contributed by atoms with Crippen LogP contribution in [0, 0.1) is 12.7 Å². The molecule has 0 aliphatic carbocycles. The molecule has 5 heteroatoms. The average molecular weight is 285 g/mol. The van der Waals surface area contributed by atoms with E-state index in [-0.39, 0.29) is 11.9 Å². The molecular formula is C13H14ClFN2S. The molecule has 1 unspecified atom stereocenters. The summed E-state index contributed by atoms with van der Waals surface area (Å²) in [5.41, 5.74) is 1.53. The van der Waals surface area contributed by atoms with Crippen LogP contribution in [0.15, 0.2) is 23.6 Å². The summed E-state index contributed by atoms with van der Waals surface area (Å²) in [6, 6.07) is 4.53. The SMILES string of the molecule is CCNC(c1nc(C)cs1)c1ccc(Cl)cc1F. The summed E-state index contributed by atoms with van der Waals surface area (Å²) in [4.78, 5) is 4.43. The van der Waals surface area contributed by atoms with E-state index < -0.39 is 0 Å². The van der Waals surface area contributed by atoms with E-state index in [2.05, 4.69) is 10.3 Å². The Kier molecular flexibility index (Phi) is 4.32. The van der Waals surface area contributed by atoms with Gasteiger partial charge in [0.15, 0.2) is 0 Å². The van der Waals surface area contributed by atoms with Crippen molar-refractivity contribution in [2.45, 2.75) is 19.9 Å². The van der Waals surface area contributed by atoms with Crippen molar-refractivity contribution in [3.05, 3.63) is 50.7 Å². The maximum Gasteiger partial charge on any atom is 0.129 e. The molecule has 1 aromatic carbocycles. The van der Waals surface area contributed by atoms with Crippen molar-refractivity contribution >= 4 is 22.9 Å². The van der Waals surface area contributed by atoms with E-state index in [4.69, 9.17) is 11.6 Å². The van der Waals surface area contributed by atoms with Gasteiger partial charge in [-0.2, -0.15) is 0 Å². The van der Waals surface area contributed by atoms with Crippen LogP contribution in [0.3, 0.4) is 0 Å². The van der Waals surface area contributed by atoms with Gasteiger partial charge in [-0.15, -0.1) is 11.3 Å². The third kappa shape index (κ3) is 2.88. The molecular weight excluding hydrogens is 271 g/mol. The minimum Gasteiger partial charge on any atom is -0.304 e. The molecule has 2 nitrogen and oxygen atoms in total. The molecule has 96 valence electrons. The predicted octanol–water partition coefficient (Wildman–Crippen LogP) is 3.94. The standard InChI is InChI=1S/C13H14ClFN2S/c1-3-16-12(13-17-8(2)7-18-13)10-5-4-9(14)6-11(10)15/h4-7,12,16H,3H2,1-2H3. The van der Waals surface area contributed by atoms with Gasteiger partial charge < -0.3 is 5.32 Å². The van der Waals surface area contributed by atoms with Crippen molar-refractivity contribution in [1.82, 2.24) is 10.3 Å². The maximum atomic E-state index is 14.0. The Balaban J connectivity index is 2.41. The minimum absolute atomic E-state index is 0.217. The van der Waals surface area contributed by atoms with E-state index >= 15 is 0 Å². The lowest BCUT2D eigenvalue weighted by atomic mass is 10.1. The van der Waals surface area contributed by atoms with Gasteiger partial charge in [-0.25, -0.2) is 9.37 Å². The summed E-state index contributed by atoms with van der Waals surface area (Å²) in [6.07, 6.45) is 0. The van der Waals surface area contributed by atoms with Crippen LogP contribution in [0.5, 0.6) is 0 Å². The Morgan fingerprint density at radius 2 is 2.28 bits per heavy atom. The highest BCUT2D eigenvalue weighted by atomic mass is 35.5. The van der Waals surface area contributed by atoms with Gasteiger partial charge in [-0.3, -0.25) is 0 Å². The highest BCUT2D eigenvalue weighted by Gasteiger charge is 2.19. The second kappa shape index (κ2) is 5.78. The van der Waals surface area contributed by atoms with Crippen LogP contribution in [0.1, 0.15) is 29.2 Å². The minimum atomic E-state index is -0.304. The topological polar surface area (TPSA) is 24.9 Å². The van der Waals surface area contributed by atoms with Crippen LogP contribution in [-0.4, -0.2) is 11.5 Å². The van der Waals surface area contributed by atoms with E-state index in [0.717, 1.165) is 17.2 Å². The number of halogens is 2. The zero-order valence-corrected chi connectivity index (χ0v) is 11.8. The first kappa shape index (κ1) is 13.5. The zero-order chi connectivity index (χ0) is 13.1. The fraction of sp³-hybridized carbons (Fsp3) is 0.308. The molecule has 0 saturated carbocycles. The maximum absolute atomic E-state index is 14.0. The van der Waals surface area contributed by atoms with Crippen molar-refractivity contribution in [2.75, 3.05) is 6.54 Å². The summed E-state index contributed by atoms with van der Waals surface area (Å²) in [5, 5.41) is 6.49. The fourth-order valence-corrected chi connectivity index (χ4v) is 2.82. The number of nitrogens with zero attached hydrogens (tertiary/aromatic N) is 1. The highest BCUT2D eigenvalue weighted by molar-refractivity contribution is 7.09. The van der Waals surface area contributed by atoms with Gasteiger partial charge in [-0.1, -0.05) is 24.6 Å². The average Bonchev–Trinajstić information content (AvgIpc) is 2.73. The summed E-state index contributed by atoms with van der Waals surface area (Å²) in [6.45, 7) is 4.66. The molecule has 1 aromatic heterocycles. The van der Waals surface area contributed by atoms with Gasteiger partial charge in [0.1, 0.15) is 10.8 Å². The molecule has 2 aromatic rings. The molecule has 0 bridgehead atoms. The van der Waals surface area contributed by atoms with Crippen LogP contribution in [-0.2, 0) is 0 Å². The summed E-state index contributed by atoms with van der Waals surface area (Å²) in [5.74, 6) is -0.304. The predicted molar refractivity (Wildman–Crippen MR) is 73.8 cm³/mol. The second-order valence-corrected chi connectivity index (χ2v) is 5.31.